The number of aromatic nitrogens is 2. The number of nitriles is 1. The number of carbonyl (C=O) groups excluding carboxylic acids is 1. The molecule has 1 aromatic heterocycles. The molecular weight excluding hydrogens is 322 g/mol. The number of rotatable bonds is 1. The van der Waals surface area contributed by atoms with Crippen LogP contribution in [-0.4, -0.2) is 15.8 Å². The lowest BCUT2D eigenvalue weighted by atomic mass is 9.52. The summed E-state index contributed by atoms with van der Waals surface area (Å²) in [6.07, 6.45) is 5.52. The lowest BCUT2D eigenvalue weighted by Gasteiger charge is -2.50. The fourth-order valence-electron chi connectivity index (χ4n) is 4.78. The Kier molecular flexibility index (Phi) is 3.59. The van der Waals surface area contributed by atoms with Crippen molar-refractivity contribution in [2.24, 2.45) is 11.3 Å². The Labute approximate surface area is 153 Å². The molecule has 0 aliphatic heterocycles. The van der Waals surface area contributed by atoms with Crippen molar-refractivity contribution in [3.8, 4) is 17.5 Å². The first-order valence-corrected chi connectivity index (χ1v) is 8.97. The maximum absolute atomic E-state index is 12.8. The van der Waals surface area contributed by atoms with Gasteiger partial charge in [-0.05, 0) is 24.3 Å². The average Bonchev–Trinajstić information content (AvgIpc) is 2.65. The highest BCUT2D eigenvalue weighted by Gasteiger charge is 2.54. The van der Waals surface area contributed by atoms with Gasteiger partial charge in [0.1, 0.15) is 6.07 Å². The highest BCUT2D eigenvalue weighted by molar-refractivity contribution is 6.04. The topological polar surface area (TPSA) is 66.6 Å². The Morgan fingerprint density at radius 2 is 1.92 bits per heavy atom. The summed E-state index contributed by atoms with van der Waals surface area (Å²) >= 11 is 0. The number of carbonyl (C=O) groups is 1. The Hall–Kier alpha value is -2.80. The normalized spacial score (nSPS) is 26.3. The van der Waals surface area contributed by atoms with E-state index in [0.717, 1.165) is 29.7 Å². The maximum atomic E-state index is 12.8. The zero-order valence-electron chi connectivity index (χ0n) is 15.3. The van der Waals surface area contributed by atoms with Crippen LogP contribution < -0.4 is 0 Å². The van der Waals surface area contributed by atoms with Crippen LogP contribution in [0.1, 0.15) is 38.4 Å². The van der Waals surface area contributed by atoms with E-state index in [-0.39, 0.29) is 17.3 Å². The van der Waals surface area contributed by atoms with Crippen molar-refractivity contribution in [1.82, 2.24) is 9.97 Å². The number of benzene rings is 1. The zero-order valence-corrected chi connectivity index (χ0v) is 15.3. The van der Waals surface area contributed by atoms with Gasteiger partial charge in [-0.15, -0.1) is 0 Å². The Morgan fingerprint density at radius 3 is 2.62 bits per heavy atom. The third kappa shape index (κ3) is 2.24. The van der Waals surface area contributed by atoms with Crippen molar-refractivity contribution >= 4 is 5.78 Å². The predicted molar refractivity (Wildman–Crippen MR) is 99.1 cm³/mol. The average molecular weight is 343 g/mol. The second-order valence-electron chi connectivity index (χ2n) is 8.03. The van der Waals surface area contributed by atoms with Crippen LogP contribution in [0.25, 0.3) is 11.4 Å². The number of ketones is 1. The monoisotopic (exact) mass is 343 g/mol. The van der Waals surface area contributed by atoms with E-state index in [2.05, 4.69) is 18.0 Å². The van der Waals surface area contributed by atoms with E-state index in [4.69, 9.17) is 4.98 Å². The minimum atomic E-state index is -0.579. The summed E-state index contributed by atoms with van der Waals surface area (Å²) in [4.78, 5) is 22.2. The van der Waals surface area contributed by atoms with Gasteiger partial charge in [-0.25, -0.2) is 9.97 Å². The summed E-state index contributed by atoms with van der Waals surface area (Å²) in [6, 6.07) is 12.0. The number of Topliss-reactive ketones (excluding diaryl/α,β-unsaturated/α-hetero) is 1. The van der Waals surface area contributed by atoms with E-state index in [0.29, 0.717) is 5.82 Å². The van der Waals surface area contributed by atoms with E-state index >= 15 is 0 Å². The molecule has 0 unspecified atom stereocenters. The van der Waals surface area contributed by atoms with Crippen LogP contribution in [0.2, 0.25) is 0 Å². The number of fused-ring (bicyclic) bond motifs is 3. The molecule has 2 atom stereocenters. The van der Waals surface area contributed by atoms with Crippen LogP contribution in [0.4, 0.5) is 0 Å². The number of hydrogen-bond acceptors (Lipinski definition) is 4. The molecular formula is C22H21N3O. The molecule has 0 N–H and O–H groups in total. The molecule has 130 valence electrons. The molecule has 0 radical (unpaired) electrons. The summed E-state index contributed by atoms with van der Waals surface area (Å²) < 4.78 is 0. The third-order valence-corrected chi connectivity index (χ3v) is 6.10. The highest BCUT2D eigenvalue weighted by Crippen LogP contribution is 2.54. The third-order valence-electron chi connectivity index (χ3n) is 6.10. The maximum Gasteiger partial charge on any atom is 0.178 e. The van der Waals surface area contributed by atoms with Crippen LogP contribution in [0, 0.1) is 22.7 Å². The summed E-state index contributed by atoms with van der Waals surface area (Å²) in [5.41, 5.74) is 2.27. The second-order valence-corrected chi connectivity index (χ2v) is 8.03. The molecule has 4 nitrogen and oxygen atoms in total. The summed E-state index contributed by atoms with van der Waals surface area (Å²) in [7, 11) is 0. The first-order chi connectivity index (χ1) is 12.4. The molecule has 0 saturated heterocycles. The molecule has 4 rings (SSSR count). The minimum Gasteiger partial charge on any atom is -0.293 e. The quantitative estimate of drug-likeness (QED) is 0.784. The largest absolute Gasteiger partial charge is 0.293 e. The standard InChI is InChI=1S/C22H21N3O/c1-21(2)17-10-9-15-13-24-20(14-7-5-4-6-8-14)25-18(15)22(17,3)11-16(12-23)19(21)26/h4-8,11,13,17H,9-10H2,1-3H3/t17-,22-/m0/s1. The van der Waals surface area contributed by atoms with Crippen LogP contribution in [0.3, 0.4) is 0 Å². The molecule has 1 aromatic carbocycles. The number of hydrogen-bond donors (Lipinski definition) is 0. The highest BCUT2D eigenvalue weighted by atomic mass is 16.1. The van der Waals surface area contributed by atoms with Crippen molar-refractivity contribution in [2.75, 3.05) is 0 Å². The molecule has 0 bridgehead atoms. The predicted octanol–water partition coefficient (Wildman–Crippen LogP) is 4.02. The fourth-order valence-corrected chi connectivity index (χ4v) is 4.78. The van der Waals surface area contributed by atoms with Gasteiger partial charge in [0.15, 0.2) is 11.6 Å². The van der Waals surface area contributed by atoms with Crippen molar-refractivity contribution in [2.45, 2.75) is 39.0 Å². The summed E-state index contributed by atoms with van der Waals surface area (Å²) in [5.74, 6) is 0.752. The van der Waals surface area contributed by atoms with Crippen molar-refractivity contribution in [1.29, 1.82) is 5.26 Å². The number of nitrogens with zero attached hydrogens (tertiary/aromatic N) is 3. The van der Waals surface area contributed by atoms with E-state index in [1.54, 1.807) is 0 Å². The van der Waals surface area contributed by atoms with Crippen molar-refractivity contribution in [3.63, 3.8) is 0 Å². The van der Waals surface area contributed by atoms with E-state index in [1.165, 1.54) is 0 Å². The SMILES string of the molecule is CC1(C)C(=O)C(C#N)=C[C@]2(C)c3nc(-c4ccccc4)ncc3CC[C@@H]12. The lowest BCUT2D eigenvalue weighted by Crippen LogP contribution is -2.51. The number of allylic oxidation sites excluding steroid dienone is 2. The Balaban J connectivity index is 1.94. The van der Waals surface area contributed by atoms with E-state index in [9.17, 15) is 10.1 Å². The molecule has 0 fully saturated rings. The summed E-state index contributed by atoms with van der Waals surface area (Å²) in [5, 5.41) is 9.51. The molecule has 0 amide bonds. The molecule has 2 aliphatic rings. The molecule has 2 aliphatic carbocycles. The van der Waals surface area contributed by atoms with Crippen LogP contribution in [-0.2, 0) is 16.6 Å². The second kappa shape index (κ2) is 5.60. The molecule has 26 heavy (non-hydrogen) atoms. The Morgan fingerprint density at radius 1 is 1.19 bits per heavy atom. The molecule has 4 heteroatoms. The van der Waals surface area contributed by atoms with E-state index in [1.807, 2.05) is 56.5 Å². The van der Waals surface area contributed by atoms with Crippen LogP contribution >= 0.6 is 0 Å². The van der Waals surface area contributed by atoms with Gasteiger partial charge in [-0.1, -0.05) is 57.2 Å². The summed E-state index contributed by atoms with van der Waals surface area (Å²) in [6.45, 7) is 6.04. The van der Waals surface area contributed by atoms with Gasteiger partial charge < -0.3 is 0 Å². The minimum absolute atomic E-state index is 0.0525. The van der Waals surface area contributed by atoms with Gasteiger partial charge in [-0.3, -0.25) is 4.79 Å². The first-order valence-electron chi connectivity index (χ1n) is 8.97. The van der Waals surface area contributed by atoms with Crippen LogP contribution in [0.5, 0.6) is 0 Å². The fraction of sp³-hybridized carbons (Fsp3) is 0.364. The molecule has 0 saturated carbocycles. The smallest absolute Gasteiger partial charge is 0.178 e. The van der Waals surface area contributed by atoms with Crippen molar-refractivity contribution in [3.05, 3.63) is 59.4 Å². The lowest BCUT2D eigenvalue weighted by molar-refractivity contribution is -0.128. The van der Waals surface area contributed by atoms with Gasteiger partial charge in [0.25, 0.3) is 0 Å². The van der Waals surface area contributed by atoms with Gasteiger partial charge in [0.05, 0.1) is 11.3 Å². The molecule has 2 aromatic rings. The van der Waals surface area contributed by atoms with Gasteiger partial charge >= 0.3 is 0 Å². The van der Waals surface area contributed by atoms with Crippen LogP contribution in [0.15, 0.2) is 48.2 Å². The van der Waals surface area contributed by atoms with Gasteiger partial charge in [0.2, 0.25) is 0 Å². The number of aryl methyl sites for hydroxylation is 1. The first kappa shape index (κ1) is 16.7. The Bertz CT molecular complexity index is 969. The van der Waals surface area contributed by atoms with Gasteiger partial charge in [-0.2, -0.15) is 5.26 Å². The zero-order chi connectivity index (χ0) is 18.5. The van der Waals surface area contributed by atoms with Gasteiger partial charge in [0, 0.05) is 22.6 Å². The van der Waals surface area contributed by atoms with Crippen molar-refractivity contribution < 1.29 is 4.79 Å². The van der Waals surface area contributed by atoms with E-state index < -0.39 is 10.8 Å². The molecule has 0 spiro atoms. The molecule has 1 heterocycles.